The van der Waals surface area contributed by atoms with Gasteiger partial charge in [0.05, 0.1) is 5.41 Å². The summed E-state index contributed by atoms with van der Waals surface area (Å²) in [6, 6.07) is 11.2. The molecule has 2 aromatic rings. The van der Waals surface area contributed by atoms with E-state index in [1.165, 1.54) is 19.3 Å². The van der Waals surface area contributed by atoms with Crippen LogP contribution in [0.15, 0.2) is 42.6 Å². The summed E-state index contributed by atoms with van der Waals surface area (Å²) in [6.45, 7) is 1.18. The number of nitrogens with zero attached hydrogens (tertiary/aromatic N) is 1. The van der Waals surface area contributed by atoms with Crippen LogP contribution in [0.2, 0.25) is 0 Å². The van der Waals surface area contributed by atoms with Crippen molar-refractivity contribution in [2.45, 2.75) is 69.2 Å². The van der Waals surface area contributed by atoms with E-state index in [9.17, 15) is 9.59 Å². The molecule has 1 aromatic heterocycles. The van der Waals surface area contributed by atoms with Crippen LogP contribution in [0.5, 0.6) is 0 Å². The third-order valence-electron chi connectivity index (χ3n) is 7.70. The van der Waals surface area contributed by atoms with E-state index < -0.39 is 5.41 Å². The van der Waals surface area contributed by atoms with Gasteiger partial charge in [-0.15, -0.1) is 0 Å². The first-order chi connectivity index (χ1) is 16.7. The molecule has 1 aromatic carbocycles. The largest absolute Gasteiger partial charge is 0.381 e. The highest BCUT2D eigenvalue weighted by Crippen LogP contribution is 2.45. The van der Waals surface area contributed by atoms with Gasteiger partial charge in [0.15, 0.2) is 0 Å². The van der Waals surface area contributed by atoms with Gasteiger partial charge in [0.1, 0.15) is 11.9 Å². The van der Waals surface area contributed by atoms with E-state index in [-0.39, 0.29) is 23.8 Å². The number of carbonyl (C=O) groups is 2. The second-order valence-electron chi connectivity index (χ2n) is 9.84. The molecule has 3 aliphatic rings. The summed E-state index contributed by atoms with van der Waals surface area (Å²) in [4.78, 5) is 30.8. The number of hydrogen-bond donors (Lipinski definition) is 3. The van der Waals surface area contributed by atoms with Gasteiger partial charge in [-0.2, -0.15) is 0 Å². The smallest absolute Gasteiger partial charge is 0.247 e. The fourth-order valence-corrected chi connectivity index (χ4v) is 5.77. The topological polar surface area (TPSA) is 92.4 Å². The molecule has 7 heteroatoms. The van der Waals surface area contributed by atoms with Crippen LogP contribution in [0.1, 0.15) is 63.4 Å². The zero-order valence-electron chi connectivity index (χ0n) is 19.6. The van der Waals surface area contributed by atoms with E-state index in [4.69, 9.17) is 4.74 Å². The number of pyridine rings is 1. The van der Waals surface area contributed by atoms with Gasteiger partial charge in [-0.1, -0.05) is 44.2 Å². The normalized spacial score (nSPS) is 21.1. The van der Waals surface area contributed by atoms with Crippen LogP contribution in [0.4, 0.5) is 17.2 Å². The Kier molecular flexibility index (Phi) is 6.81. The van der Waals surface area contributed by atoms with Crippen LogP contribution < -0.4 is 16.0 Å². The molecule has 7 nitrogen and oxygen atoms in total. The Bertz CT molecular complexity index is 1010. The molecule has 180 valence electrons. The molecule has 2 aliphatic heterocycles. The number of fused-ring (bicyclic) bond motifs is 2. The van der Waals surface area contributed by atoms with E-state index in [2.05, 4.69) is 20.9 Å². The molecule has 0 radical (unpaired) electrons. The maximum absolute atomic E-state index is 13.6. The van der Waals surface area contributed by atoms with Crippen LogP contribution >= 0.6 is 0 Å². The summed E-state index contributed by atoms with van der Waals surface area (Å²) >= 11 is 0. The van der Waals surface area contributed by atoms with E-state index in [1.807, 2.05) is 36.4 Å². The number of benzene rings is 1. The number of anilines is 3. The summed E-state index contributed by atoms with van der Waals surface area (Å²) < 4.78 is 5.50. The summed E-state index contributed by atoms with van der Waals surface area (Å²) in [6.07, 6.45) is 11.2. The van der Waals surface area contributed by atoms with Crippen molar-refractivity contribution < 1.29 is 14.3 Å². The zero-order chi connectivity index (χ0) is 23.4. The van der Waals surface area contributed by atoms with Crippen molar-refractivity contribution in [3.8, 4) is 0 Å². The lowest BCUT2D eigenvalue weighted by molar-refractivity contribution is -0.124. The minimum atomic E-state index is -0.502. The van der Waals surface area contributed by atoms with Crippen LogP contribution in [-0.4, -0.2) is 36.1 Å². The highest BCUT2D eigenvalue weighted by atomic mass is 16.5. The summed E-state index contributed by atoms with van der Waals surface area (Å²) in [5, 5.41) is 9.59. The maximum Gasteiger partial charge on any atom is 0.247 e. The van der Waals surface area contributed by atoms with Gasteiger partial charge >= 0.3 is 0 Å². The van der Waals surface area contributed by atoms with Crippen molar-refractivity contribution in [2.24, 2.45) is 5.92 Å². The zero-order valence-corrected chi connectivity index (χ0v) is 19.6. The lowest BCUT2D eigenvalue weighted by Gasteiger charge is -2.31. The van der Waals surface area contributed by atoms with Gasteiger partial charge in [0.2, 0.25) is 11.8 Å². The maximum atomic E-state index is 13.6. The third kappa shape index (κ3) is 4.67. The number of carbonyl (C=O) groups excluding carboxylic acids is 2. The Hall–Kier alpha value is -2.93. The van der Waals surface area contributed by atoms with Crippen molar-refractivity contribution in [1.82, 2.24) is 4.98 Å². The Balaban J connectivity index is 1.35. The summed E-state index contributed by atoms with van der Waals surface area (Å²) in [5.74, 6) is 0.953. The SMILES string of the molecule is O=C(Nc1ccc2c(c1)NC(=O)C21CCOCC1)C(Nc1ccccn1)C1CCCCCCC1. The number of aromatic nitrogens is 1. The van der Waals surface area contributed by atoms with Crippen LogP contribution in [0.25, 0.3) is 0 Å². The number of hydrogen-bond acceptors (Lipinski definition) is 5. The molecule has 3 N–H and O–H groups in total. The van der Waals surface area contributed by atoms with E-state index in [0.717, 1.165) is 36.9 Å². The standard InChI is InChI=1S/C27H34N4O3/c32-25(24(31-23-10-6-7-15-28-23)19-8-4-2-1-3-5-9-19)29-20-11-12-21-22(18-20)30-26(33)27(21)13-16-34-17-14-27/h6-7,10-12,15,18-19,24H,1-5,8-9,13-14,16-17H2,(H,28,31)(H,29,32)(H,30,33). The molecule has 1 unspecified atom stereocenters. The second kappa shape index (κ2) is 10.1. The predicted octanol–water partition coefficient (Wildman–Crippen LogP) is 4.86. The van der Waals surface area contributed by atoms with Crippen molar-refractivity contribution >= 4 is 29.0 Å². The van der Waals surface area contributed by atoms with Gasteiger partial charge < -0.3 is 20.7 Å². The summed E-state index contributed by atoms with van der Waals surface area (Å²) in [5.41, 5.74) is 2.01. The van der Waals surface area contributed by atoms with Gasteiger partial charge in [0, 0.05) is 30.8 Å². The Morgan fingerprint density at radius 3 is 2.56 bits per heavy atom. The van der Waals surface area contributed by atoms with Crippen LogP contribution in [0, 0.1) is 5.92 Å². The molecule has 3 heterocycles. The third-order valence-corrected chi connectivity index (χ3v) is 7.70. The van der Waals surface area contributed by atoms with Crippen LogP contribution in [-0.2, 0) is 19.7 Å². The highest BCUT2D eigenvalue weighted by molar-refractivity contribution is 6.07. The van der Waals surface area contributed by atoms with Crippen LogP contribution in [0.3, 0.4) is 0 Å². The molecule has 2 fully saturated rings. The Labute approximate surface area is 201 Å². The number of rotatable bonds is 5. The molecule has 1 saturated heterocycles. The molecule has 2 amide bonds. The molecule has 1 saturated carbocycles. The fourth-order valence-electron chi connectivity index (χ4n) is 5.77. The van der Waals surface area contributed by atoms with Gasteiger partial charge in [-0.3, -0.25) is 9.59 Å². The molecule has 5 rings (SSSR count). The molecule has 1 atom stereocenters. The van der Waals surface area contributed by atoms with E-state index >= 15 is 0 Å². The van der Waals surface area contributed by atoms with Crippen molar-refractivity contribution in [3.05, 3.63) is 48.2 Å². The lowest BCUT2D eigenvalue weighted by atomic mass is 9.75. The number of ether oxygens (including phenoxy) is 1. The second-order valence-corrected chi connectivity index (χ2v) is 9.84. The average Bonchev–Trinajstić information content (AvgIpc) is 3.09. The van der Waals surface area contributed by atoms with Gasteiger partial charge in [-0.05, 0) is 61.4 Å². The first kappa shape index (κ1) is 22.8. The Morgan fingerprint density at radius 1 is 1.06 bits per heavy atom. The fraction of sp³-hybridized carbons (Fsp3) is 0.519. The molecular weight excluding hydrogens is 428 g/mol. The molecular formula is C27H34N4O3. The molecule has 0 bridgehead atoms. The lowest BCUT2D eigenvalue weighted by Crippen LogP contribution is -2.41. The molecule has 34 heavy (non-hydrogen) atoms. The first-order valence-corrected chi connectivity index (χ1v) is 12.7. The first-order valence-electron chi connectivity index (χ1n) is 12.7. The average molecular weight is 463 g/mol. The van der Waals surface area contributed by atoms with Crippen molar-refractivity contribution in [1.29, 1.82) is 0 Å². The van der Waals surface area contributed by atoms with E-state index in [0.29, 0.717) is 37.6 Å². The van der Waals surface area contributed by atoms with Crippen molar-refractivity contribution in [2.75, 3.05) is 29.2 Å². The quantitative estimate of drug-likeness (QED) is 0.590. The number of nitrogens with one attached hydrogen (secondary N) is 3. The minimum absolute atomic E-state index is 0.0403. The minimum Gasteiger partial charge on any atom is -0.381 e. The van der Waals surface area contributed by atoms with E-state index in [1.54, 1.807) is 6.20 Å². The Morgan fingerprint density at radius 2 is 1.82 bits per heavy atom. The summed E-state index contributed by atoms with van der Waals surface area (Å²) in [7, 11) is 0. The molecule has 1 aliphatic carbocycles. The van der Waals surface area contributed by atoms with Crippen molar-refractivity contribution in [3.63, 3.8) is 0 Å². The highest BCUT2D eigenvalue weighted by Gasteiger charge is 2.47. The predicted molar refractivity (Wildman–Crippen MR) is 133 cm³/mol. The molecule has 1 spiro atoms. The van der Waals surface area contributed by atoms with Gasteiger partial charge in [0.25, 0.3) is 0 Å². The monoisotopic (exact) mass is 462 g/mol. The van der Waals surface area contributed by atoms with Gasteiger partial charge in [-0.25, -0.2) is 4.98 Å². The number of amides is 2.